The van der Waals surface area contributed by atoms with Gasteiger partial charge in [-0.2, -0.15) is 0 Å². The van der Waals surface area contributed by atoms with Crippen LogP contribution in [0.1, 0.15) is 32.8 Å². The lowest BCUT2D eigenvalue weighted by atomic mass is 9.99. The standard InChI is InChI=1S/C25H23F2N3O5/c26-16-7-6-15(19(27)9-16)10-28-24(33)18-11-29-12-20-30(25(34)21(29)23(32)22(18)31)17(13-35-20)8-14-4-2-1-3-5-14/h1-5,7,9,11,15,17,20,32H,6,8,10,12-13H2,(H,28,33)/t15?,17-,20+/m1/s1. The summed E-state index contributed by atoms with van der Waals surface area (Å²) in [6, 6.07) is 9.34. The molecule has 3 atom stereocenters. The highest BCUT2D eigenvalue weighted by atomic mass is 19.1. The Balaban J connectivity index is 1.36. The molecule has 2 aromatic rings. The smallest absolute Gasteiger partial charge is 0.276 e. The highest BCUT2D eigenvalue weighted by Gasteiger charge is 2.44. The largest absolute Gasteiger partial charge is 0.503 e. The van der Waals surface area contributed by atoms with Crippen LogP contribution in [0.3, 0.4) is 0 Å². The second-order valence-electron chi connectivity index (χ2n) is 8.83. The molecule has 3 heterocycles. The fourth-order valence-electron chi connectivity index (χ4n) is 4.74. The van der Waals surface area contributed by atoms with Gasteiger partial charge in [-0.1, -0.05) is 30.3 Å². The number of amides is 2. The van der Waals surface area contributed by atoms with Crippen LogP contribution in [0, 0.1) is 5.92 Å². The molecule has 1 aromatic heterocycles. The topological polar surface area (TPSA) is 101 Å². The molecule has 0 spiro atoms. The number of aromatic hydroxyl groups is 1. The van der Waals surface area contributed by atoms with Gasteiger partial charge >= 0.3 is 0 Å². The van der Waals surface area contributed by atoms with Gasteiger partial charge in [0.1, 0.15) is 17.2 Å². The molecule has 8 nitrogen and oxygen atoms in total. The SMILES string of the molecule is O=C(NCC1CC=C(F)C=C1F)c1cn2c(c(O)c1=O)C(=O)N1[C@H](Cc3ccccc3)CO[C@H]1C2. The molecule has 1 unspecified atom stereocenters. The lowest BCUT2D eigenvalue weighted by Crippen LogP contribution is -2.50. The molecule has 1 aliphatic carbocycles. The van der Waals surface area contributed by atoms with E-state index in [1.54, 1.807) is 0 Å². The molecule has 1 saturated heterocycles. The van der Waals surface area contributed by atoms with Crippen molar-refractivity contribution in [1.82, 2.24) is 14.8 Å². The number of nitrogens with zero attached hydrogens (tertiary/aromatic N) is 2. The normalized spacial score (nSPS) is 23.3. The lowest BCUT2D eigenvalue weighted by molar-refractivity contribution is 0.00575. The average molecular weight is 483 g/mol. The number of ether oxygens (including phenoxy) is 1. The van der Waals surface area contributed by atoms with Gasteiger partial charge in [-0.3, -0.25) is 14.4 Å². The first-order valence-corrected chi connectivity index (χ1v) is 11.3. The van der Waals surface area contributed by atoms with E-state index < -0.39 is 46.8 Å². The zero-order valence-electron chi connectivity index (χ0n) is 18.6. The van der Waals surface area contributed by atoms with Crippen molar-refractivity contribution in [3.63, 3.8) is 0 Å². The zero-order chi connectivity index (χ0) is 24.7. The highest BCUT2D eigenvalue weighted by Crippen LogP contribution is 2.31. The number of hydrogen-bond acceptors (Lipinski definition) is 5. The summed E-state index contributed by atoms with van der Waals surface area (Å²) in [5, 5.41) is 13.1. The minimum absolute atomic E-state index is 0.0658. The number of nitrogens with one attached hydrogen (secondary N) is 1. The highest BCUT2D eigenvalue weighted by molar-refractivity contribution is 5.99. The summed E-state index contributed by atoms with van der Waals surface area (Å²) in [4.78, 5) is 40.3. The Morgan fingerprint density at radius 1 is 1.20 bits per heavy atom. The number of carbonyl (C=O) groups is 2. The van der Waals surface area contributed by atoms with Crippen molar-refractivity contribution in [3.8, 4) is 5.75 Å². The molecule has 182 valence electrons. The van der Waals surface area contributed by atoms with Gasteiger partial charge in [0.15, 0.2) is 17.7 Å². The molecule has 1 aromatic carbocycles. The number of pyridine rings is 1. The average Bonchev–Trinajstić information content (AvgIpc) is 3.23. The summed E-state index contributed by atoms with van der Waals surface area (Å²) < 4.78 is 34.2. The maximum absolute atomic E-state index is 13.9. The van der Waals surface area contributed by atoms with Crippen molar-refractivity contribution in [1.29, 1.82) is 0 Å². The van der Waals surface area contributed by atoms with Gasteiger partial charge < -0.3 is 24.6 Å². The molecule has 5 rings (SSSR count). The van der Waals surface area contributed by atoms with Gasteiger partial charge in [0.05, 0.1) is 19.2 Å². The van der Waals surface area contributed by atoms with Gasteiger partial charge in [0.25, 0.3) is 11.8 Å². The van der Waals surface area contributed by atoms with E-state index in [1.165, 1.54) is 21.7 Å². The van der Waals surface area contributed by atoms with Crippen molar-refractivity contribution in [3.05, 3.63) is 87.4 Å². The van der Waals surface area contributed by atoms with E-state index in [0.717, 1.165) is 11.6 Å². The fourth-order valence-corrected chi connectivity index (χ4v) is 4.74. The monoisotopic (exact) mass is 483 g/mol. The maximum atomic E-state index is 13.9. The molecule has 2 amide bonds. The van der Waals surface area contributed by atoms with E-state index in [0.29, 0.717) is 13.0 Å². The number of fused-ring (bicyclic) bond motifs is 2. The van der Waals surface area contributed by atoms with Crippen LogP contribution in [0.15, 0.2) is 65.1 Å². The molecule has 0 radical (unpaired) electrons. The third-order valence-corrected chi connectivity index (χ3v) is 6.56. The van der Waals surface area contributed by atoms with Crippen LogP contribution < -0.4 is 10.7 Å². The molecule has 3 aliphatic rings. The number of aromatic nitrogens is 1. The Hall–Kier alpha value is -3.79. The summed E-state index contributed by atoms with van der Waals surface area (Å²) in [5.74, 6) is -4.33. The van der Waals surface area contributed by atoms with E-state index in [2.05, 4.69) is 5.32 Å². The molecule has 1 fully saturated rings. The summed E-state index contributed by atoms with van der Waals surface area (Å²) in [6.07, 6.45) is 3.19. The van der Waals surface area contributed by atoms with E-state index >= 15 is 0 Å². The lowest BCUT2D eigenvalue weighted by Gasteiger charge is -2.34. The van der Waals surface area contributed by atoms with Crippen molar-refractivity contribution < 1.29 is 28.2 Å². The van der Waals surface area contributed by atoms with Gasteiger partial charge in [-0.25, -0.2) is 8.78 Å². The molecule has 0 saturated carbocycles. The molecular weight excluding hydrogens is 460 g/mol. The van der Waals surface area contributed by atoms with Crippen LogP contribution >= 0.6 is 0 Å². The number of rotatable bonds is 5. The molecule has 0 bridgehead atoms. The molecule has 2 N–H and O–H groups in total. The second-order valence-corrected chi connectivity index (χ2v) is 8.83. The van der Waals surface area contributed by atoms with Crippen molar-refractivity contribution in [2.45, 2.75) is 31.7 Å². The van der Waals surface area contributed by atoms with E-state index in [4.69, 9.17) is 4.74 Å². The predicted molar refractivity (Wildman–Crippen MR) is 121 cm³/mol. The minimum atomic E-state index is -0.995. The maximum Gasteiger partial charge on any atom is 0.276 e. The van der Waals surface area contributed by atoms with Gasteiger partial charge in [-0.15, -0.1) is 0 Å². The van der Waals surface area contributed by atoms with Crippen LogP contribution in [0.5, 0.6) is 5.75 Å². The van der Waals surface area contributed by atoms with Gasteiger partial charge in [0, 0.05) is 24.7 Å². The van der Waals surface area contributed by atoms with Crippen LogP contribution in [0.25, 0.3) is 0 Å². The third-order valence-electron chi connectivity index (χ3n) is 6.56. The van der Waals surface area contributed by atoms with Crippen LogP contribution in [-0.4, -0.2) is 51.8 Å². The van der Waals surface area contributed by atoms with Crippen molar-refractivity contribution in [2.24, 2.45) is 5.92 Å². The first-order chi connectivity index (χ1) is 16.8. The van der Waals surface area contributed by atoms with Crippen LogP contribution in [0.2, 0.25) is 0 Å². The summed E-state index contributed by atoms with van der Waals surface area (Å²) in [6.45, 7) is 0.269. The van der Waals surface area contributed by atoms with Crippen LogP contribution in [0.4, 0.5) is 8.78 Å². The van der Waals surface area contributed by atoms with E-state index in [9.17, 15) is 28.3 Å². The summed E-state index contributed by atoms with van der Waals surface area (Å²) in [5.41, 5.74) is -0.552. The number of hydrogen-bond donors (Lipinski definition) is 2. The van der Waals surface area contributed by atoms with Gasteiger partial charge in [-0.05, 0) is 24.5 Å². The van der Waals surface area contributed by atoms with Crippen molar-refractivity contribution >= 4 is 11.8 Å². The minimum Gasteiger partial charge on any atom is -0.503 e. The summed E-state index contributed by atoms with van der Waals surface area (Å²) in [7, 11) is 0. The zero-order valence-corrected chi connectivity index (χ0v) is 18.6. The van der Waals surface area contributed by atoms with Crippen LogP contribution in [-0.2, 0) is 17.7 Å². The Kier molecular flexibility index (Phi) is 5.98. The summed E-state index contributed by atoms with van der Waals surface area (Å²) >= 11 is 0. The molecular formula is C25H23F2N3O5. The second kappa shape index (κ2) is 9.10. The Labute approximate surface area is 199 Å². The first-order valence-electron chi connectivity index (χ1n) is 11.3. The number of halogens is 2. The Morgan fingerprint density at radius 3 is 2.71 bits per heavy atom. The quantitative estimate of drug-likeness (QED) is 0.681. The van der Waals surface area contributed by atoms with E-state index in [-0.39, 0.29) is 36.8 Å². The predicted octanol–water partition coefficient (Wildman–Crippen LogP) is 2.43. The fraction of sp³-hybridized carbons (Fsp3) is 0.320. The number of benzene rings is 1. The first kappa shape index (κ1) is 23.0. The number of allylic oxidation sites excluding steroid dienone is 3. The molecule has 10 heteroatoms. The number of carbonyl (C=O) groups excluding carboxylic acids is 2. The third kappa shape index (κ3) is 4.25. The molecule has 35 heavy (non-hydrogen) atoms. The Morgan fingerprint density at radius 2 is 1.97 bits per heavy atom. The molecule has 2 aliphatic heterocycles. The van der Waals surface area contributed by atoms with Crippen molar-refractivity contribution in [2.75, 3.05) is 13.2 Å². The van der Waals surface area contributed by atoms with E-state index in [1.807, 2.05) is 30.3 Å². The van der Waals surface area contributed by atoms with Gasteiger partial charge in [0.2, 0.25) is 5.43 Å². The Bertz CT molecular complexity index is 1300.